The number of hydrogen-bond acceptors (Lipinski definition) is 2. The Bertz CT molecular complexity index is 1390. The molecular formula is C41H36O2. The van der Waals surface area contributed by atoms with Gasteiger partial charge in [-0.25, -0.2) is 0 Å². The maximum Gasteiger partial charge on any atom is 0.178 e. The molecule has 2 nitrogen and oxygen atoms in total. The monoisotopic (exact) mass is 560 g/mol. The molecule has 212 valence electrons. The minimum Gasteiger partial charge on any atom is -0.290 e. The third-order valence-corrected chi connectivity index (χ3v) is 5.90. The smallest absolute Gasteiger partial charge is 0.178 e. The SMILES string of the molecule is Cc1ccccc1.O=C(C=Cc1ccccc1)C=Cc1ccccc1.O=C(C=Cc1ccccc1)C=Cc1ccccc1. The van der Waals surface area contributed by atoms with Crippen molar-refractivity contribution in [1.82, 2.24) is 0 Å². The van der Waals surface area contributed by atoms with Gasteiger partial charge in [-0.3, -0.25) is 9.59 Å². The van der Waals surface area contributed by atoms with Gasteiger partial charge in [0.15, 0.2) is 11.6 Å². The van der Waals surface area contributed by atoms with Crippen molar-refractivity contribution >= 4 is 35.9 Å². The lowest BCUT2D eigenvalue weighted by Gasteiger charge is -1.91. The zero-order valence-corrected chi connectivity index (χ0v) is 24.4. The van der Waals surface area contributed by atoms with Gasteiger partial charge in [-0.1, -0.05) is 182 Å². The highest BCUT2D eigenvalue weighted by Gasteiger charge is 1.91. The molecule has 5 aromatic rings. The van der Waals surface area contributed by atoms with E-state index in [1.165, 1.54) is 5.56 Å². The fraction of sp³-hybridized carbons (Fsp3) is 0.0244. The van der Waals surface area contributed by atoms with Crippen molar-refractivity contribution in [3.63, 3.8) is 0 Å². The molecule has 0 saturated heterocycles. The lowest BCUT2D eigenvalue weighted by atomic mass is 10.1. The van der Waals surface area contributed by atoms with Gasteiger partial charge in [0.2, 0.25) is 0 Å². The summed E-state index contributed by atoms with van der Waals surface area (Å²) in [6.45, 7) is 2.08. The maximum absolute atomic E-state index is 11.6. The molecule has 0 aliphatic heterocycles. The lowest BCUT2D eigenvalue weighted by Crippen LogP contribution is -1.84. The van der Waals surface area contributed by atoms with Crippen LogP contribution in [0.5, 0.6) is 0 Å². The highest BCUT2D eigenvalue weighted by molar-refractivity contribution is 6.05. The Morgan fingerprint density at radius 2 is 0.558 bits per heavy atom. The highest BCUT2D eigenvalue weighted by atomic mass is 16.1. The predicted octanol–water partition coefficient (Wildman–Crippen LogP) is 9.96. The molecule has 0 aliphatic rings. The molecule has 0 saturated carbocycles. The Hall–Kier alpha value is -5.60. The van der Waals surface area contributed by atoms with E-state index in [0.29, 0.717) is 0 Å². The van der Waals surface area contributed by atoms with E-state index >= 15 is 0 Å². The number of ketones is 2. The fourth-order valence-electron chi connectivity index (χ4n) is 3.62. The average Bonchev–Trinajstić information content (AvgIpc) is 3.07. The number of benzene rings is 5. The van der Waals surface area contributed by atoms with Crippen molar-refractivity contribution in [1.29, 1.82) is 0 Å². The van der Waals surface area contributed by atoms with Gasteiger partial charge < -0.3 is 0 Å². The van der Waals surface area contributed by atoms with Crippen molar-refractivity contribution in [3.05, 3.63) is 204 Å². The molecule has 5 aromatic carbocycles. The summed E-state index contributed by atoms with van der Waals surface area (Å²) < 4.78 is 0. The summed E-state index contributed by atoms with van der Waals surface area (Å²) in [4.78, 5) is 23.2. The average molecular weight is 561 g/mol. The van der Waals surface area contributed by atoms with Crippen LogP contribution in [0, 0.1) is 6.92 Å². The zero-order chi connectivity index (χ0) is 30.4. The second kappa shape index (κ2) is 19.5. The summed E-state index contributed by atoms with van der Waals surface area (Å²) in [5, 5.41) is 0. The van der Waals surface area contributed by atoms with Crippen LogP contribution in [0.15, 0.2) is 176 Å². The van der Waals surface area contributed by atoms with E-state index < -0.39 is 0 Å². The molecule has 0 aliphatic carbocycles. The molecule has 0 N–H and O–H groups in total. The maximum atomic E-state index is 11.6. The summed E-state index contributed by atoms with van der Waals surface area (Å²) in [7, 11) is 0. The van der Waals surface area contributed by atoms with Crippen molar-refractivity contribution in [2.24, 2.45) is 0 Å². The van der Waals surface area contributed by atoms with Crippen molar-refractivity contribution in [2.75, 3.05) is 0 Å². The van der Waals surface area contributed by atoms with Gasteiger partial charge in [-0.05, 0) is 53.5 Å². The van der Waals surface area contributed by atoms with Gasteiger partial charge in [0.1, 0.15) is 0 Å². The molecule has 0 heterocycles. The normalized spacial score (nSPS) is 10.7. The van der Waals surface area contributed by atoms with E-state index in [0.717, 1.165) is 22.3 Å². The molecule has 0 fully saturated rings. The van der Waals surface area contributed by atoms with Crippen molar-refractivity contribution < 1.29 is 9.59 Å². The summed E-state index contributed by atoms with van der Waals surface area (Å²) in [6.07, 6.45) is 13.6. The second-order valence-electron chi connectivity index (χ2n) is 9.44. The summed E-state index contributed by atoms with van der Waals surface area (Å²) in [5.41, 5.74) is 5.43. The van der Waals surface area contributed by atoms with Gasteiger partial charge in [0, 0.05) is 0 Å². The number of aryl methyl sites for hydroxylation is 1. The number of allylic oxidation sites excluding steroid dienone is 4. The van der Waals surface area contributed by atoms with E-state index in [1.807, 2.05) is 164 Å². The fourth-order valence-corrected chi connectivity index (χ4v) is 3.62. The Balaban J connectivity index is 0.000000193. The van der Waals surface area contributed by atoms with E-state index in [2.05, 4.69) is 19.1 Å². The zero-order valence-electron chi connectivity index (χ0n) is 24.4. The Morgan fingerprint density at radius 1 is 0.349 bits per heavy atom. The minimum absolute atomic E-state index is 0.0114. The van der Waals surface area contributed by atoms with E-state index in [-0.39, 0.29) is 11.6 Å². The molecule has 0 bridgehead atoms. The van der Waals surface area contributed by atoms with Crippen LogP contribution in [-0.2, 0) is 9.59 Å². The topological polar surface area (TPSA) is 34.1 Å². The van der Waals surface area contributed by atoms with E-state index in [4.69, 9.17) is 0 Å². The first-order chi connectivity index (χ1) is 21.1. The van der Waals surface area contributed by atoms with E-state index in [1.54, 1.807) is 24.3 Å². The summed E-state index contributed by atoms with van der Waals surface area (Å²) in [5.74, 6) is -0.0228. The van der Waals surface area contributed by atoms with Crippen LogP contribution in [0.25, 0.3) is 24.3 Å². The molecule has 43 heavy (non-hydrogen) atoms. The first-order valence-electron chi connectivity index (χ1n) is 14.1. The molecule has 0 radical (unpaired) electrons. The van der Waals surface area contributed by atoms with Crippen LogP contribution in [0.2, 0.25) is 0 Å². The second-order valence-corrected chi connectivity index (χ2v) is 9.44. The molecule has 2 heteroatoms. The predicted molar refractivity (Wildman–Crippen MR) is 183 cm³/mol. The molecular weight excluding hydrogens is 524 g/mol. The molecule has 5 rings (SSSR count). The molecule has 0 aromatic heterocycles. The number of hydrogen-bond donors (Lipinski definition) is 0. The van der Waals surface area contributed by atoms with Crippen LogP contribution >= 0.6 is 0 Å². The molecule has 0 unspecified atom stereocenters. The van der Waals surface area contributed by atoms with Gasteiger partial charge in [0.25, 0.3) is 0 Å². The van der Waals surface area contributed by atoms with Crippen LogP contribution in [-0.4, -0.2) is 11.6 Å². The first-order valence-corrected chi connectivity index (χ1v) is 14.1. The Morgan fingerprint density at radius 3 is 0.744 bits per heavy atom. The van der Waals surface area contributed by atoms with Crippen LogP contribution in [0.4, 0.5) is 0 Å². The third kappa shape index (κ3) is 14.6. The quantitative estimate of drug-likeness (QED) is 0.177. The number of carbonyl (C=O) groups is 2. The third-order valence-electron chi connectivity index (χ3n) is 5.90. The molecule has 0 atom stereocenters. The molecule has 0 amide bonds. The minimum atomic E-state index is -0.0114. The number of carbonyl (C=O) groups excluding carboxylic acids is 2. The van der Waals surface area contributed by atoms with Crippen LogP contribution in [0.1, 0.15) is 27.8 Å². The summed E-state index contributed by atoms with van der Waals surface area (Å²) in [6, 6.07) is 49.4. The van der Waals surface area contributed by atoms with Gasteiger partial charge in [-0.15, -0.1) is 0 Å². The van der Waals surface area contributed by atoms with Crippen molar-refractivity contribution in [2.45, 2.75) is 6.92 Å². The Labute approximate surface area is 255 Å². The van der Waals surface area contributed by atoms with Crippen LogP contribution < -0.4 is 0 Å². The van der Waals surface area contributed by atoms with Gasteiger partial charge in [-0.2, -0.15) is 0 Å². The lowest BCUT2D eigenvalue weighted by molar-refractivity contribution is -0.111. The first kappa shape index (κ1) is 31.9. The largest absolute Gasteiger partial charge is 0.290 e. The van der Waals surface area contributed by atoms with Crippen molar-refractivity contribution in [3.8, 4) is 0 Å². The van der Waals surface area contributed by atoms with E-state index in [9.17, 15) is 9.59 Å². The standard InChI is InChI=1S/2C17H14O.C7H8/c2*18-17(13-11-15-7-3-1-4-8-15)14-12-16-9-5-2-6-10-16;1-7-5-3-2-4-6-7/h2*1-14H;2-6H,1H3. The number of rotatable bonds is 8. The van der Waals surface area contributed by atoms with Crippen LogP contribution in [0.3, 0.4) is 0 Å². The highest BCUT2D eigenvalue weighted by Crippen LogP contribution is 2.05. The Kier molecular flexibility index (Phi) is 14.5. The molecule has 0 spiro atoms. The van der Waals surface area contributed by atoms with Gasteiger partial charge >= 0.3 is 0 Å². The van der Waals surface area contributed by atoms with Gasteiger partial charge in [0.05, 0.1) is 0 Å². The summed E-state index contributed by atoms with van der Waals surface area (Å²) >= 11 is 0.